The van der Waals surface area contributed by atoms with Gasteiger partial charge in [0.05, 0.1) is 11.2 Å². The summed E-state index contributed by atoms with van der Waals surface area (Å²) in [6.45, 7) is 1.96. The first kappa shape index (κ1) is 20.3. The largest absolute Gasteiger partial charge is 0.366 e. The Morgan fingerprint density at radius 3 is 2.27 bits per heavy atom. The van der Waals surface area contributed by atoms with Gasteiger partial charge in [-0.3, -0.25) is 9.59 Å². The normalized spacial score (nSPS) is 14.1. The molecule has 8 heteroatoms. The van der Waals surface area contributed by atoms with E-state index in [0.29, 0.717) is 53.0 Å². The molecular formula is C22H18Cl2N4O2. The third-order valence-corrected chi connectivity index (χ3v) is 5.90. The van der Waals surface area contributed by atoms with Crippen LogP contribution in [0.15, 0.2) is 47.3 Å². The van der Waals surface area contributed by atoms with Crippen LogP contribution in [0.5, 0.6) is 0 Å². The second kappa shape index (κ2) is 8.02. The lowest BCUT2D eigenvalue weighted by Crippen LogP contribution is -2.49. The van der Waals surface area contributed by atoms with E-state index in [2.05, 4.69) is 6.07 Å². The van der Waals surface area contributed by atoms with Gasteiger partial charge in [-0.25, -0.2) is 0 Å². The van der Waals surface area contributed by atoms with Crippen molar-refractivity contribution in [3.8, 4) is 6.07 Å². The van der Waals surface area contributed by atoms with Gasteiger partial charge < -0.3 is 14.4 Å². The van der Waals surface area contributed by atoms with E-state index in [9.17, 15) is 14.9 Å². The molecule has 1 aliphatic heterocycles. The Morgan fingerprint density at radius 1 is 1.00 bits per heavy atom. The van der Waals surface area contributed by atoms with Crippen LogP contribution >= 0.6 is 23.2 Å². The van der Waals surface area contributed by atoms with Crippen molar-refractivity contribution in [3.05, 3.63) is 74.0 Å². The Kier molecular flexibility index (Phi) is 5.42. The van der Waals surface area contributed by atoms with Gasteiger partial charge in [-0.2, -0.15) is 5.26 Å². The first-order valence-corrected chi connectivity index (χ1v) is 10.2. The highest BCUT2D eigenvalue weighted by Gasteiger charge is 2.26. The molecule has 1 aromatic heterocycles. The van der Waals surface area contributed by atoms with E-state index in [0.717, 1.165) is 5.39 Å². The molecular weight excluding hydrogens is 423 g/mol. The Morgan fingerprint density at radius 2 is 1.63 bits per heavy atom. The van der Waals surface area contributed by atoms with Crippen LogP contribution < -0.4 is 10.5 Å². The maximum Gasteiger partial charge on any atom is 0.270 e. The number of anilines is 1. The summed E-state index contributed by atoms with van der Waals surface area (Å²) in [5.74, 6) is -0.0660. The smallest absolute Gasteiger partial charge is 0.270 e. The summed E-state index contributed by atoms with van der Waals surface area (Å²) in [6.07, 6.45) is 0. The third kappa shape index (κ3) is 3.51. The lowest BCUT2D eigenvalue weighted by Gasteiger charge is -2.37. The van der Waals surface area contributed by atoms with E-state index in [-0.39, 0.29) is 17.0 Å². The molecule has 1 fully saturated rings. The molecule has 1 amide bonds. The molecule has 2 heterocycles. The zero-order chi connectivity index (χ0) is 21.4. The standard InChI is InChI=1S/C22H18Cl2N4O2/c1-26-19-7-6-16(24)12-17(19)20(18(13-25)22(26)30)27-8-10-28(11-9-27)21(29)14-2-4-15(23)5-3-14/h2-7,12H,8-11H2,1H3. The highest BCUT2D eigenvalue weighted by molar-refractivity contribution is 6.31. The number of carbonyl (C=O) groups excluding carboxylic acids is 1. The fourth-order valence-corrected chi connectivity index (χ4v) is 4.14. The van der Waals surface area contributed by atoms with Gasteiger partial charge in [0.2, 0.25) is 0 Å². The maximum atomic E-state index is 12.8. The molecule has 30 heavy (non-hydrogen) atoms. The van der Waals surface area contributed by atoms with E-state index >= 15 is 0 Å². The van der Waals surface area contributed by atoms with E-state index in [1.54, 1.807) is 54.4 Å². The molecule has 0 radical (unpaired) electrons. The number of nitriles is 1. The second-order valence-electron chi connectivity index (χ2n) is 7.15. The van der Waals surface area contributed by atoms with Gasteiger partial charge in [-0.15, -0.1) is 0 Å². The van der Waals surface area contributed by atoms with Gasteiger partial charge in [0.25, 0.3) is 11.5 Å². The molecule has 0 aliphatic carbocycles. The second-order valence-corrected chi connectivity index (χ2v) is 8.02. The maximum absolute atomic E-state index is 12.8. The van der Waals surface area contributed by atoms with Gasteiger partial charge >= 0.3 is 0 Å². The Balaban J connectivity index is 1.67. The first-order chi connectivity index (χ1) is 14.4. The van der Waals surface area contributed by atoms with Crippen molar-refractivity contribution >= 4 is 45.7 Å². The molecule has 0 N–H and O–H groups in total. The Hall–Kier alpha value is -3.01. The number of aromatic nitrogens is 1. The fourth-order valence-electron chi connectivity index (χ4n) is 3.84. The highest BCUT2D eigenvalue weighted by atomic mass is 35.5. The molecule has 0 bridgehead atoms. The number of hydrogen-bond acceptors (Lipinski definition) is 4. The summed E-state index contributed by atoms with van der Waals surface area (Å²) in [6, 6.07) is 14.2. The monoisotopic (exact) mass is 440 g/mol. The number of carbonyl (C=O) groups is 1. The number of pyridine rings is 1. The van der Waals surface area contributed by atoms with E-state index in [1.807, 2.05) is 4.90 Å². The van der Waals surface area contributed by atoms with Crippen molar-refractivity contribution in [2.45, 2.75) is 0 Å². The number of amides is 1. The molecule has 0 atom stereocenters. The van der Waals surface area contributed by atoms with Gasteiger partial charge in [-0.05, 0) is 42.5 Å². The van der Waals surface area contributed by atoms with Crippen LogP contribution in [0.25, 0.3) is 10.9 Å². The predicted molar refractivity (Wildman–Crippen MR) is 118 cm³/mol. The van der Waals surface area contributed by atoms with Crippen LogP contribution in [-0.2, 0) is 7.05 Å². The fraction of sp³-hybridized carbons (Fsp3) is 0.227. The number of benzene rings is 2. The molecule has 4 rings (SSSR count). The topological polar surface area (TPSA) is 69.3 Å². The lowest BCUT2D eigenvalue weighted by atomic mass is 10.1. The average Bonchev–Trinajstić information content (AvgIpc) is 2.76. The van der Waals surface area contributed by atoms with Gasteiger partial charge in [0.1, 0.15) is 11.6 Å². The van der Waals surface area contributed by atoms with Gasteiger partial charge in [0.15, 0.2) is 0 Å². The minimum absolute atomic E-state index is 0.0660. The van der Waals surface area contributed by atoms with Crippen LogP contribution in [0.3, 0.4) is 0 Å². The highest BCUT2D eigenvalue weighted by Crippen LogP contribution is 2.31. The van der Waals surface area contributed by atoms with E-state index < -0.39 is 0 Å². The van der Waals surface area contributed by atoms with Crippen LogP contribution in [0.1, 0.15) is 15.9 Å². The van der Waals surface area contributed by atoms with Crippen LogP contribution in [0.4, 0.5) is 5.69 Å². The number of halogens is 2. The van der Waals surface area contributed by atoms with Crippen molar-refractivity contribution in [2.24, 2.45) is 7.05 Å². The van der Waals surface area contributed by atoms with Crippen molar-refractivity contribution < 1.29 is 4.79 Å². The number of aryl methyl sites for hydroxylation is 1. The summed E-state index contributed by atoms with van der Waals surface area (Å²) in [5.41, 5.74) is 1.61. The van der Waals surface area contributed by atoms with Crippen molar-refractivity contribution in [1.29, 1.82) is 5.26 Å². The Bertz CT molecular complexity index is 1240. The van der Waals surface area contributed by atoms with Crippen molar-refractivity contribution in [1.82, 2.24) is 9.47 Å². The molecule has 0 saturated carbocycles. The zero-order valence-corrected chi connectivity index (χ0v) is 17.7. The van der Waals surface area contributed by atoms with Crippen LogP contribution in [-0.4, -0.2) is 41.6 Å². The van der Waals surface area contributed by atoms with Gasteiger partial charge in [0, 0.05) is 54.2 Å². The van der Waals surface area contributed by atoms with Crippen LogP contribution in [0, 0.1) is 11.3 Å². The van der Waals surface area contributed by atoms with Crippen molar-refractivity contribution in [2.75, 3.05) is 31.1 Å². The summed E-state index contributed by atoms with van der Waals surface area (Å²) in [7, 11) is 1.64. The predicted octanol–water partition coefficient (Wildman–Crippen LogP) is 3.68. The SMILES string of the molecule is Cn1c(=O)c(C#N)c(N2CCN(C(=O)c3ccc(Cl)cc3)CC2)c2cc(Cl)ccc21. The molecule has 1 aliphatic rings. The third-order valence-electron chi connectivity index (χ3n) is 5.42. The molecule has 152 valence electrons. The number of nitrogens with zero attached hydrogens (tertiary/aromatic N) is 4. The number of hydrogen-bond donors (Lipinski definition) is 0. The van der Waals surface area contributed by atoms with E-state index in [4.69, 9.17) is 23.2 Å². The molecule has 3 aromatic rings. The molecule has 0 unspecified atom stereocenters. The summed E-state index contributed by atoms with van der Waals surface area (Å²) in [5, 5.41) is 11.6. The number of rotatable bonds is 2. The Labute approximate surface area is 183 Å². The molecule has 0 spiro atoms. The summed E-state index contributed by atoms with van der Waals surface area (Å²) < 4.78 is 1.47. The first-order valence-electron chi connectivity index (χ1n) is 9.43. The minimum Gasteiger partial charge on any atom is -0.366 e. The van der Waals surface area contributed by atoms with Crippen LogP contribution in [0.2, 0.25) is 10.0 Å². The lowest BCUT2D eigenvalue weighted by molar-refractivity contribution is 0.0747. The van der Waals surface area contributed by atoms with E-state index in [1.165, 1.54) is 4.57 Å². The molecule has 6 nitrogen and oxygen atoms in total. The summed E-state index contributed by atoms with van der Waals surface area (Å²) >= 11 is 12.1. The quantitative estimate of drug-likeness (QED) is 0.609. The molecule has 1 saturated heterocycles. The number of piperazine rings is 1. The molecule has 2 aromatic carbocycles. The average molecular weight is 441 g/mol. The minimum atomic E-state index is -0.345. The summed E-state index contributed by atoms with van der Waals surface area (Å²) in [4.78, 5) is 29.3. The van der Waals surface area contributed by atoms with Gasteiger partial charge in [-0.1, -0.05) is 23.2 Å². The zero-order valence-electron chi connectivity index (χ0n) is 16.2. The number of fused-ring (bicyclic) bond motifs is 1. The van der Waals surface area contributed by atoms with Crippen molar-refractivity contribution in [3.63, 3.8) is 0 Å².